The third kappa shape index (κ3) is 4.33. The van der Waals surface area contributed by atoms with Gasteiger partial charge in [0.2, 0.25) is 11.8 Å². The van der Waals surface area contributed by atoms with Gasteiger partial charge >= 0.3 is 0 Å². The van der Waals surface area contributed by atoms with Crippen LogP contribution in [0.25, 0.3) is 0 Å². The van der Waals surface area contributed by atoms with Crippen molar-refractivity contribution >= 4 is 34.8 Å². The summed E-state index contributed by atoms with van der Waals surface area (Å²) in [7, 11) is 0. The molecule has 2 aromatic rings. The van der Waals surface area contributed by atoms with Crippen molar-refractivity contribution in [2.45, 2.75) is 19.3 Å². The zero-order valence-electron chi connectivity index (χ0n) is 12.5. The number of carbonyl (C=O) groups is 2. The minimum absolute atomic E-state index is 0.0699. The van der Waals surface area contributed by atoms with Crippen LogP contribution in [0.15, 0.2) is 48.5 Å². The van der Waals surface area contributed by atoms with Crippen LogP contribution in [-0.2, 0) is 16.0 Å². The Morgan fingerprint density at radius 1 is 0.957 bits per heavy atom. The summed E-state index contributed by atoms with van der Waals surface area (Å²) in [5.74, 6) is 0.110. The molecule has 0 aromatic heterocycles. The SMILES string of the molecule is O=C(Cc1ccccc1Cl)Nc1ccc(NC(=O)C2CC2)cc1. The van der Waals surface area contributed by atoms with Crippen LogP contribution in [0.2, 0.25) is 5.02 Å². The first-order chi connectivity index (χ1) is 11.1. The second-order valence-electron chi connectivity index (χ2n) is 5.66. The zero-order valence-corrected chi connectivity index (χ0v) is 13.3. The first kappa shape index (κ1) is 15.6. The number of nitrogens with one attached hydrogen (secondary N) is 2. The van der Waals surface area contributed by atoms with Gasteiger partial charge in [0.1, 0.15) is 0 Å². The molecule has 3 rings (SSSR count). The molecule has 23 heavy (non-hydrogen) atoms. The molecule has 0 heterocycles. The van der Waals surface area contributed by atoms with E-state index in [1.807, 2.05) is 18.2 Å². The van der Waals surface area contributed by atoms with Crippen molar-refractivity contribution in [1.29, 1.82) is 0 Å². The van der Waals surface area contributed by atoms with Crippen LogP contribution in [0.4, 0.5) is 11.4 Å². The Balaban J connectivity index is 1.56. The van der Waals surface area contributed by atoms with Gasteiger partial charge in [-0.05, 0) is 48.7 Å². The van der Waals surface area contributed by atoms with Crippen LogP contribution in [0.5, 0.6) is 0 Å². The van der Waals surface area contributed by atoms with Gasteiger partial charge in [0.15, 0.2) is 0 Å². The second kappa shape index (κ2) is 6.84. The summed E-state index contributed by atoms with van der Waals surface area (Å²) in [6.07, 6.45) is 2.17. The lowest BCUT2D eigenvalue weighted by atomic mass is 10.1. The Morgan fingerprint density at radius 2 is 1.57 bits per heavy atom. The number of amides is 2. The van der Waals surface area contributed by atoms with E-state index in [0.717, 1.165) is 24.1 Å². The summed E-state index contributed by atoms with van der Waals surface area (Å²) in [5.41, 5.74) is 2.22. The van der Waals surface area contributed by atoms with Crippen molar-refractivity contribution in [2.24, 2.45) is 5.92 Å². The van der Waals surface area contributed by atoms with Crippen molar-refractivity contribution in [1.82, 2.24) is 0 Å². The highest BCUT2D eigenvalue weighted by atomic mass is 35.5. The van der Waals surface area contributed by atoms with Gasteiger partial charge < -0.3 is 10.6 Å². The number of hydrogen-bond acceptors (Lipinski definition) is 2. The van der Waals surface area contributed by atoms with E-state index in [-0.39, 0.29) is 24.2 Å². The quantitative estimate of drug-likeness (QED) is 0.875. The number of halogens is 1. The molecule has 118 valence electrons. The molecule has 0 aliphatic heterocycles. The van der Waals surface area contributed by atoms with Crippen LogP contribution in [0.1, 0.15) is 18.4 Å². The molecule has 2 aromatic carbocycles. The molecular weight excluding hydrogens is 312 g/mol. The molecule has 0 bridgehead atoms. The highest BCUT2D eigenvalue weighted by molar-refractivity contribution is 6.31. The topological polar surface area (TPSA) is 58.2 Å². The second-order valence-corrected chi connectivity index (χ2v) is 6.06. The maximum absolute atomic E-state index is 12.1. The Morgan fingerprint density at radius 3 is 2.17 bits per heavy atom. The van der Waals surface area contributed by atoms with Gasteiger partial charge in [0.25, 0.3) is 0 Å². The minimum Gasteiger partial charge on any atom is -0.326 e. The first-order valence-electron chi connectivity index (χ1n) is 7.56. The molecule has 4 nitrogen and oxygen atoms in total. The van der Waals surface area contributed by atoms with Gasteiger partial charge in [-0.25, -0.2) is 0 Å². The van der Waals surface area contributed by atoms with Crippen LogP contribution in [0, 0.1) is 5.92 Å². The predicted molar refractivity (Wildman–Crippen MR) is 91.6 cm³/mol. The van der Waals surface area contributed by atoms with Crippen molar-refractivity contribution in [3.8, 4) is 0 Å². The van der Waals surface area contributed by atoms with Crippen LogP contribution < -0.4 is 10.6 Å². The van der Waals surface area contributed by atoms with Gasteiger partial charge in [0, 0.05) is 22.3 Å². The molecule has 1 fully saturated rings. The normalized spacial score (nSPS) is 13.4. The molecule has 0 spiro atoms. The summed E-state index contributed by atoms with van der Waals surface area (Å²) in [4.78, 5) is 23.7. The van der Waals surface area contributed by atoms with Crippen LogP contribution in [0.3, 0.4) is 0 Å². The lowest BCUT2D eigenvalue weighted by Crippen LogP contribution is -2.15. The largest absolute Gasteiger partial charge is 0.326 e. The Kier molecular flexibility index (Phi) is 4.63. The maximum Gasteiger partial charge on any atom is 0.228 e. The molecule has 0 atom stereocenters. The summed E-state index contributed by atoms with van der Waals surface area (Å²) in [6, 6.07) is 14.4. The summed E-state index contributed by atoms with van der Waals surface area (Å²) < 4.78 is 0. The van der Waals surface area contributed by atoms with E-state index in [4.69, 9.17) is 11.6 Å². The van der Waals surface area contributed by atoms with Gasteiger partial charge in [-0.1, -0.05) is 29.8 Å². The maximum atomic E-state index is 12.1. The van der Waals surface area contributed by atoms with E-state index in [0.29, 0.717) is 10.7 Å². The Bertz CT molecular complexity index is 724. The van der Waals surface area contributed by atoms with Gasteiger partial charge in [0.05, 0.1) is 6.42 Å². The lowest BCUT2D eigenvalue weighted by Gasteiger charge is -2.08. The number of anilines is 2. The minimum atomic E-state index is -0.132. The van der Waals surface area contributed by atoms with Crippen molar-refractivity contribution in [3.05, 3.63) is 59.1 Å². The van der Waals surface area contributed by atoms with E-state index < -0.39 is 0 Å². The smallest absolute Gasteiger partial charge is 0.228 e. The highest BCUT2D eigenvalue weighted by Gasteiger charge is 2.29. The predicted octanol–water partition coefficient (Wildman–Crippen LogP) is 3.87. The average Bonchev–Trinajstić information content (AvgIpc) is 3.36. The molecule has 5 heteroatoms. The van der Waals surface area contributed by atoms with Crippen molar-refractivity contribution in [2.75, 3.05) is 10.6 Å². The van der Waals surface area contributed by atoms with E-state index in [9.17, 15) is 9.59 Å². The van der Waals surface area contributed by atoms with Gasteiger partial charge in [-0.3, -0.25) is 9.59 Å². The van der Waals surface area contributed by atoms with E-state index >= 15 is 0 Å². The fourth-order valence-electron chi connectivity index (χ4n) is 2.25. The van der Waals surface area contributed by atoms with Crippen molar-refractivity contribution in [3.63, 3.8) is 0 Å². The Hall–Kier alpha value is -2.33. The fraction of sp³-hybridized carbons (Fsp3) is 0.222. The first-order valence-corrected chi connectivity index (χ1v) is 7.94. The molecule has 1 aliphatic carbocycles. The monoisotopic (exact) mass is 328 g/mol. The fourth-order valence-corrected chi connectivity index (χ4v) is 2.45. The average molecular weight is 329 g/mol. The zero-order chi connectivity index (χ0) is 16.2. The molecule has 1 aliphatic rings. The third-order valence-corrected chi connectivity index (χ3v) is 4.06. The number of carbonyl (C=O) groups excluding carboxylic acids is 2. The highest BCUT2D eigenvalue weighted by Crippen LogP contribution is 2.30. The molecule has 2 N–H and O–H groups in total. The third-order valence-electron chi connectivity index (χ3n) is 3.69. The summed E-state index contributed by atoms with van der Waals surface area (Å²) in [5, 5.41) is 6.27. The van der Waals surface area contributed by atoms with Gasteiger partial charge in [-0.15, -0.1) is 0 Å². The summed E-state index contributed by atoms with van der Waals surface area (Å²) in [6.45, 7) is 0. The molecule has 0 radical (unpaired) electrons. The standard InChI is InChI=1S/C18H17ClN2O2/c19-16-4-2-1-3-13(16)11-17(22)20-14-7-9-15(10-8-14)21-18(23)12-5-6-12/h1-4,7-10,12H,5-6,11H2,(H,20,22)(H,21,23). The molecule has 0 saturated heterocycles. The van der Waals surface area contributed by atoms with E-state index in [1.165, 1.54) is 0 Å². The van der Waals surface area contributed by atoms with E-state index in [2.05, 4.69) is 10.6 Å². The number of rotatable bonds is 5. The van der Waals surface area contributed by atoms with Crippen LogP contribution in [-0.4, -0.2) is 11.8 Å². The summed E-state index contributed by atoms with van der Waals surface area (Å²) >= 11 is 6.05. The molecule has 0 unspecified atom stereocenters. The lowest BCUT2D eigenvalue weighted by molar-refractivity contribution is -0.117. The molecule has 2 amide bonds. The van der Waals surface area contributed by atoms with Crippen LogP contribution >= 0.6 is 11.6 Å². The number of hydrogen-bond donors (Lipinski definition) is 2. The van der Waals surface area contributed by atoms with Crippen molar-refractivity contribution < 1.29 is 9.59 Å². The molecule has 1 saturated carbocycles. The van der Waals surface area contributed by atoms with Gasteiger partial charge in [-0.2, -0.15) is 0 Å². The Labute approximate surface area is 139 Å². The van der Waals surface area contributed by atoms with E-state index in [1.54, 1.807) is 30.3 Å². The number of benzene rings is 2. The molecular formula is C18H17ClN2O2.